The summed E-state index contributed by atoms with van der Waals surface area (Å²) in [5.74, 6) is -0.0185. The Bertz CT molecular complexity index is 559. The molecule has 2 rings (SSSR count). The highest BCUT2D eigenvalue weighted by Gasteiger charge is 2.23. The number of aromatic nitrogens is 1. The Balaban J connectivity index is 2.37. The van der Waals surface area contributed by atoms with Crippen molar-refractivity contribution >= 4 is 0 Å². The van der Waals surface area contributed by atoms with Crippen LogP contribution in [0.15, 0.2) is 41.9 Å². The van der Waals surface area contributed by atoms with E-state index < -0.39 is 0 Å². The van der Waals surface area contributed by atoms with E-state index in [-0.39, 0.29) is 11.9 Å². The Hall–Kier alpha value is -1.48. The van der Waals surface area contributed by atoms with Gasteiger partial charge in [0.2, 0.25) is 0 Å². The molecule has 126 valence electrons. The van der Waals surface area contributed by atoms with Crippen molar-refractivity contribution in [2.45, 2.75) is 71.4 Å². The van der Waals surface area contributed by atoms with E-state index in [9.17, 15) is 4.39 Å². The van der Waals surface area contributed by atoms with Crippen LogP contribution in [0.3, 0.4) is 0 Å². The van der Waals surface area contributed by atoms with Crippen LogP contribution in [0.4, 0.5) is 4.39 Å². The molecule has 1 heterocycles. The van der Waals surface area contributed by atoms with Gasteiger partial charge in [0.15, 0.2) is 0 Å². The third-order valence-electron chi connectivity index (χ3n) is 4.61. The van der Waals surface area contributed by atoms with Gasteiger partial charge in [-0.3, -0.25) is 4.98 Å². The fourth-order valence-corrected chi connectivity index (χ4v) is 3.18. The summed E-state index contributed by atoms with van der Waals surface area (Å²) in [4.78, 5) is 4.60. The average molecular weight is 316 g/mol. The van der Waals surface area contributed by atoms with Crippen LogP contribution in [0, 0.1) is 0 Å². The first kappa shape index (κ1) is 17.9. The van der Waals surface area contributed by atoms with Crippen molar-refractivity contribution in [1.29, 1.82) is 0 Å². The lowest BCUT2D eigenvalue weighted by atomic mass is 9.89. The maximum atomic E-state index is 13.4. The standard InChI is InChI=1S/C20H29FN2/c1-4-8-19-18(9-7-14-22-19)20(23-17(5-2)6-3)15-10-12-16(21)13-11-15/h7,9-10,12,14,17,20,23H,4-6,8,11,13H2,1-3H3. The molecule has 0 fully saturated rings. The Labute approximate surface area is 139 Å². The third kappa shape index (κ3) is 4.74. The molecule has 0 bridgehead atoms. The normalized spacial score (nSPS) is 16.2. The van der Waals surface area contributed by atoms with E-state index in [4.69, 9.17) is 0 Å². The van der Waals surface area contributed by atoms with Gasteiger partial charge < -0.3 is 5.32 Å². The largest absolute Gasteiger partial charge is 0.304 e. The molecular weight excluding hydrogens is 287 g/mol. The lowest BCUT2D eigenvalue weighted by molar-refractivity contribution is 0.431. The van der Waals surface area contributed by atoms with Crippen molar-refractivity contribution in [2.75, 3.05) is 0 Å². The zero-order chi connectivity index (χ0) is 16.7. The van der Waals surface area contributed by atoms with Crippen molar-refractivity contribution < 1.29 is 4.39 Å². The molecule has 2 nitrogen and oxygen atoms in total. The number of aryl methyl sites for hydroxylation is 1. The van der Waals surface area contributed by atoms with Crippen LogP contribution in [0.25, 0.3) is 0 Å². The maximum absolute atomic E-state index is 13.4. The summed E-state index contributed by atoms with van der Waals surface area (Å²) < 4.78 is 13.4. The Morgan fingerprint density at radius 3 is 2.57 bits per heavy atom. The van der Waals surface area contributed by atoms with Crippen LogP contribution in [-0.4, -0.2) is 11.0 Å². The minimum absolute atomic E-state index is 0.0185. The highest BCUT2D eigenvalue weighted by Crippen LogP contribution is 2.32. The van der Waals surface area contributed by atoms with Gasteiger partial charge in [0.05, 0.1) is 6.04 Å². The van der Waals surface area contributed by atoms with Gasteiger partial charge in [0.1, 0.15) is 5.83 Å². The van der Waals surface area contributed by atoms with Crippen molar-refractivity contribution in [3.8, 4) is 0 Å². The molecule has 1 aliphatic carbocycles. The summed E-state index contributed by atoms with van der Waals surface area (Å²) in [5.41, 5.74) is 3.68. The lowest BCUT2D eigenvalue weighted by Gasteiger charge is -2.29. The first-order valence-electron chi connectivity index (χ1n) is 8.94. The molecule has 1 atom stereocenters. The van der Waals surface area contributed by atoms with Gasteiger partial charge >= 0.3 is 0 Å². The number of rotatable bonds is 8. The second-order valence-corrected chi connectivity index (χ2v) is 6.26. The van der Waals surface area contributed by atoms with Crippen LogP contribution in [0.2, 0.25) is 0 Å². The SMILES string of the molecule is CCCc1ncccc1C(NC(CC)CC)C1=CC=C(F)CC1. The van der Waals surface area contributed by atoms with Crippen molar-refractivity contribution in [3.05, 3.63) is 53.1 Å². The van der Waals surface area contributed by atoms with E-state index in [0.29, 0.717) is 12.5 Å². The molecule has 0 saturated carbocycles. The zero-order valence-electron chi connectivity index (χ0n) is 14.6. The summed E-state index contributed by atoms with van der Waals surface area (Å²) in [6.07, 6.45) is 11.0. The minimum Gasteiger partial charge on any atom is -0.304 e. The number of nitrogens with one attached hydrogen (secondary N) is 1. The second-order valence-electron chi connectivity index (χ2n) is 6.26. The predicted octanol–water partition coefficient (Wildman–Crippen LogP) is 5.43. The van der Waals surface area contributed by atoms with E-state index >= 15 is 0 Å². The third-order valence-corrected chi connectivity index (χ3v) is 4.61. The Morgan fingerprint density at radius 2 is 1.96 bits per heavy atom. The molecule has 1 aliphatic rings. The number of nitrogens with zero attached hydrogens (tertiary/aromatic N) is 1. The van der Waals surface area contributed by atoms with E-state index in [1.54, 1.807) is 6.08 Å². The zero-order valence-corrected chi connectivity index (χ0v) is 14.6. The molecule has 0 spiro atoms. The van der Waals surface area contributed by atoms with Gasteiger partial charge in [0, 0.05) is 24.4 Å². The smallest absolute Gasteiger partial charge is 0.100 e. The van der Waals surface area contributed by atoms with Gasteiger partial charge in [-0.2, -0.15) is 0 Å². The molecule has 1 aromatic rings. The highest BCUT2D eigenvalue weighted by molar-refractivity contribution is 5.35. The minimum atomic E-state index is -0.0185. The number of allylic oxidation sites excluding steroid dienone is 3. The first-order chi connectivity index (χ1) is 11.2. The first-order valence-corrected chi connectivity index (χ1v) is 8.94. The van der Waals surface area contributed by atoms with Gasteiger partial charge in [-0.15, -0.1) is 0 Å². The molecule has 0 amide bonds. The fraction of sp³-hybridized carbons (Fsp3) is 0.550. The molecule has 0 aromatic carbocycles. The van der Waals surface area contributed by atoms with Crippen LogP contribution < -0.4 is 5.32 Å². The summed E-state index contributed by atoms with van der Waals surface area (Å²) >= 11 is 0. The molecule has 0 radical (unpaired) electrons. The fourth-order valence-electron chi connectivity index (χ4n) is 3.18. The quantitative estimate of drug-likeness (QED) is 0.692. The maximum Gasteiger partial charge on any atom is 0.100 e. The van der Waals surface area contributed by atoms with Gasteiger partial charge in [-0.25, -0.2) is 4.39 Å². The van der Waals surface area contributed by atoms with Crippen molar-refractivity contribution in [2.24, 2.45) is 0 Å². The van der Waals surface area contributed by atoms with E-state index in [0.717, 1.165) is 37.8 Å². The van der Waals surface area contributed by atoms with Gasteiger partial charge in [-0.05, 0) is 49.0 Å². The monoisotopic (exact) mass is 316 g/mol. The molecule has 1 unspecified atom stereocenters. The molecule has 0 aliphatic heterocycles. The van der Waals surface area contributed by atoms with Crippen molar-refractivity contribution in [1.82, 2.24) is 10.3 Å². The number of hydrogen-bond donors (Lipinski definition) is 1. The summed E-state index contributed by atoms with van der Waals surface area (Å²) in [5, 5.41) is 3.79. The van der Waals surface area contributed by atoms with Gasteiger partial charge in [-0.1, -0.05) is 39.3 Å². The topological polar surface area (TPSA) is 24.9 Å². The van der Waals surface area contributed by atoms with Crippen molar-refractivity contribution in [3.63, 3.8) is 0 Å². The molecule has 1 aromatic heterocycles. The summed E-state index contributed by atoms with van der Waals surface area (Å²) in [6, 6.07) is 4.79. The van der Waals surface area contributed by atoms with Crippen LogP contribution in [0.5, 0.6) is 0 Å². The highest BCUT2D eigenvalue weighted by atomic mass is 19.1. The van der Waals surface area contributed by atoms with Gasteiger partial charge in [0.25, 0.3) is 0 Å². The van der Waals surface area contributed by atoms with Crippen LogP contribution >= 0.6 is 0 Å². The molecule has 23 heavy (non-hydrogen) atoms. The number of halogens is 1. The molecular formula is C20H29FN2. The number of pyridine rings is 1. The van der Waals surface area contributed by atoms with E-state index in [2.05, 4.69) is 37.1 Å². The summed E-state index contributed by atoms with van der Waals surface area (Å²) in [7, 11) is 0. The number of hydrogen-bond acceptors (Lipinski definition) is 2. The second kappa shape index (κ2) is 8.97. The van der Waals surface area contributed by atoms with E-state index in [1.165, 1.54) is 11.1 Å². The van der Waals surface area contributed by atoms with Crippen LogP contribution in [0.1, 0.15) is 70.2 Å². The lowest BCUT2D eigenvalue weighted by Crippen LogP contribution is -2.34. The van der Waals surface area contributed by atoms with Crippen LogP contribution in [-0.2, 0) is 6.42 Å². The Kier molecular flexibility index (Phi) is 6.97. The molecule has 0 saturated heterocycles. The van der Waals surface area contributed by atoms with E-state index in [1.807, 2.05) is 18.3 Å². The molecule has 3 heteroatoms. The molecule has 1 N–H and O–H groups in total. The predicted molar refractivity (Wildman–Crippen MR) is 95.0 cm³/mol. The average Bonchev–Trinajstić information content (AvgIpc) is 2.58. The summed E-state index contributed by atoms with van der Waals surface area (Å²) in [6.45, 7) is 6.60. The Morgan fingerprint density at radius 1 is 1.17 bits per heavy atom.